The lowest BCUT2D eigenvalue weighted by Gasteiger charge is -2.15. The molecule has 0 aliphatic heterocycles. The third kappa shape index (κ3) is 6.80. The summed E-state index contributed by atoms with van der Waals surface area (Å²) in [5.74, 6) is -4.62. The summed E-state index contributed by atoms with van der Waals surface area (Å²) >= 11 is 1.87. The van der Waals surface area contributed by atoms with Crippen molar-refractivity contribution < 1.29 is 38.0 Å². The van der Waals surface area contributed by atoms with Gasteiger partial charge in [0.25, 0.3) is 5.91 Å². The standard InChI is InChI=1S/C18H16F3IN4O5/c19-13-8-11(22)1-2-14(13)25-17-12(18(28)26-31-5-3-23-29)7-10(15(20)16(17)21)9-24-30-6-4-27/h1-3,7-9,25,27,29H,4-6H2,(H,26,28)/b23-3+,24-9?. The Bertz CT molecular complexity index is 991. The Morgan fingerprint density at radius 1 is 1.23 bits per heavy atom. The molecule has 0 aliphatic carbocycles. The minimum absolute atomic E-state index is 0.181. The van der Waals surface area contributed by atoms with Gasteiger partial charge >= 0.3 is 0 Å². The van der Waals surface area contributed by atoms with Gasteiger partial charge in [0.05, 0.1) is 36.0 Å². The second-order valence-corrected chi connectivity index (χ2v) is 6.84. The minimum Gasteiger partial charge on any atom is -0.411 e. The van der Waals surface area contributed by atoms with Crippen LogP contribution in [0.1, 0.15) is 15.9 Å². The highest BCUT2D eigenvalue weighted by atomic mass is 127. The summed E-state index contributed by atoms with van der Waals surface area (Å²) in [6, 6.07) is 4.92. The molecule has 0 fully saturated rings. The molecule has 2 rings (SSSR count). The first-order chi connectivity index (χ1) is 14.9. The maximum atomic E-state index is 14.8. The minimum atomic E-state index is -1.48. The van der Waals surface area contributed by atoms with Crippen LogP contribution in [0.25, 0.3) is 0 Å². The van der Waals surface area contributed by atoms with E-state index in [9.17, 15) is 18.0 Å². The maximum absolute atomic E-state index is 14.8. The Balaban J connectivity index is 2.46. The predicted octanol–water partition coefficient (Wildman–Crippen LogP) is 2.92. The van der Waals surface area contributed by atoms with Crippen LogP contribution in [0.3, 0.4) is 0 Å². The van der Waals surface area contributed by atoms with Crippen LogP contribution in [0.2, 0.25) is 0 Å². The van der Waals surface area contributed by atoms with Gasteiger partial charge in [-0.1, -0.05) is 10.3 Å². The van der Waals surface area contributed by atoms with Crippen molar-refractivity contribution >= 4 is 52.3 Å². The van der Waals surface area contributed by atoms with E-state index in [4.69, 9.17) is 15.2 Å². The molecular weight excluding hydrogens is 536 g/mol. The number of hydroxylamine groups is 1. The van der Waals surface area contributed by atoms with Gasteiger partial charge in [0, 0.05) is 9.13 Å². The number of amides is 1. The SMILES string of the molecule is O=C(NOC/C=N/O)c1cc(C=NOCCO)c(F)c(F)c1Nc1ccc(I)cc1F. The van der Waals surface area contributed by atoms with Crippen molar-refractivity contribution in [2.75, 3.05) is 25.1 Å². The van der Waals surface area contributed by atoms with Crippen molar-refractivity contribution in [1.29, 1.82) is 0 Å². The topological polar surface area (TPSA) is 125 Å². The lowest BCUT2D eigenvalue weighted by Crippen LogP contribution is -2.26. The van der Waals surface area contributed by atoms with Crippen molar-refractivity contribution in [2.45, 2.75) is 0 Å². The van der Waals surface area contributed by atoms with E-state index < -0.39 is 40.2 Å². The lowest BCUT2D eigenvalue weighted by molar-refractivity contribution is 0.0458. The van der Waals surface area contributed by atoms with Crippen LogP contribution in [0.15, 0.2) is 34.6 Å². The molecule has 0 atom stereocenters. The molecule has 0 aliphatic rings. The molecular formula is C18H16F3IN4O5. The van der Waals surface area contributed by atoms with Gasteiger partial charge in [0.1, 0.15) is 19.0 Å². The summed E-state index contributed by atoms with van der Waals surface area (Å²) in [6.07, 6.45) is 1.72. The van der Waals surface area contributed by atoms with E-state index in [0.29, 0.717) is 3.57 Å². The molecule has 0 unspecified atom stereocenters. The first-order valence-electron chi connectivity index (χ1n) is 8.47. The van der Waals surface area contributed by atoms with Gasteiger partial charge in [-0.25, -0.2) is 18.7 Å². The quantitative estimate of drug-likeness (QED) is 0.118. The number of nitrogens with one attached hydrogen (secondary N) is 2. The third-order valence-corrected chi connectivity index (χ3v) is 4.19. The molecule has 0 aromatic heterocycles. The molecule has 166 valence electrons. The van der Waals surface area contributed by atoms with E-state index in [1.807, 2.05) is 28.1 Å². The first kappa shape index (κ1) is 24.4. The molecule has 4 N–H and O–H groups in total. The highest BCUT2D eigenvalue weighted by molar-refractivity contribution is 14.1. The normalized spacial score (nSPS) is 11.3. The van der Waals surface area contributed by atoms with E-state index >= 15 is 0 Å². The maximum Gasteiger partial charge on any atom is 0.277 e. The number of hydrogen-bond acceptors (Lipinski definition) is 8. The van der Waals surface area contributed by atoms with Crippen molar-refractivity contribution in [3.05, 3.63) is 56.4 Å². The lowest BCUT2D eigenvalue weighted by atomic mass is 10.1. The van der Waals surface area contributed by atoms with Crippen molar-refractivity contribution in [2.24, 2.45) is 10.3 Å². The van der Waals surface area contributed by atoms with Crippen LogP contribution in [-0.2, 0) is 9.68 Å². The Labute approximate surface area is 187 Å². The fourth-order valence-corrected chi connectivity index (χ4v) is 2.64. The number of nitrogens with zero attached hydrogens (tertiary/aromatic N) is 2. The second-order valence-electron chi connectivity index (χ2n) is 5.60. The van der Waals surface area contributed by atoms with Gasteiger partial charge < -0.3 is 20.5 Å². The molecule has 0 saturated carbocycles. The molecule has 13 heteroatoms. The van der Waals surface area contributed by atoms with Gasteiger partial charge in [0.2, 0.25) is 0 Å². The van der Waals surface area contributed by atoms with Gasteiger partial charge in [0.15, 0.2) is 11.6 Å². The summed E-state index contributed by atoms with van der Waals surface area (Å²) in [6.45, 7) is -0.843. The van der Waals surface area contributed by atoms with E-state index in [2.05, 4.69) is 20.5 Å². The molecule has 9 nitrogen and oxygen atoms in total. The predicted molar refractivity (Wildman–Crippen MR) is 113 cm³/mol. The van der Waals surface area contributed by atoms with Crippen molar-refractivity contribution in [3.63, 3.8) is 0 Å². The van der Waals surface area contributed by atoms with Crippen LogP contribution in [0.5, 0.6) is 0 Å². The zero-order valence-corrected chi connectivity index (χ0v) is 17.8. The fraction of sp³-hybridized carbons (Fsp3) is 0.167. The smallest absolute Gasteiger partial charge is 0.277 e. The summed E-state index contributed by atoms with van der Waals surface area (Å²) in [4.78, 5) is 21.8. The van der Waals surface area contributed by atoms with Gasteiger partial charge in [-0.2, -0.15) is 0 Å². The molecule has 31 heavy (non-hydrogen) atoms. The number of aliphatic hydroxyl groups is 1. The number of rotatable bonds is 10. The molecule has 1 amide bonds. The number of anilines is 2. The van der Waals surface area contributed by atoms with Crippen molar-refractivity contribution in [3.8, 4) is 0 Å². The van der Waals surface area contributed by atoms with Gasteiger partial charge in [-0.05, 0) is 46.9 Å². The summed E-state index contributed by atoms with van der Waals surface area (Å²) < 4.78 is 44.1. The fourth-order valence-electron chi connectivity index (χ4n) is 2.19. The number of hydrogen-bond donors (Lipinski definition) is 4. The Morgan fingerprint density at radius 2 is 2.00 bits per heavy atom. The van der Waals surface area contributed by atoms with E-state index in [0.717, 1.165) is 24.6 Å². The number of carbonyl (C=O) groups excluding carboxylic acids is 1. The zero-order valence-electron chi connectivity index (χ0n) is 15.6. The van der Waals surface area contributed by atoms with E-state index in [1.165, 1.54) is 12.1 Å². The van der Waals surface area contributed by atoms with Crippen molar-refractivity contribution in [1.82, 2.24) is 5.48 Å². The van der Waals surface area contributed by atoms with Crippen LogP contribution in [-0.4, -0.2) is 48.5 Å². The molecule has 2 aromatic carbocycles. The van der Waals surface area contributed by atoms with Gasteiger partial charge in [-0.15, -0.1) is 0 Å². The number of aliphatic hydroxyl groups excluding tert-OH is 1. The Kier molecular flexibility index (Phi) is 9.48. The largest absolute Gasteiger partial charge is 0.411 e. The Morgan fingerprint density at radius 3 is 2.68 bits per heavy atom. The number of benzene rings is 2. The molecule has 2 aromatic rings. The summed E-state index contributed by atoms with van der Waals surface area (Å²) in [7, 11) is 0. The first-order valence-corrected chi connectivity index (χ1v) is 9.55. The van der Waals surface area contributed by atoms with Crippen LogP contribution >= 0.6 is 22.6 Å². The van der Waals surface area contributed by atoms with Crippen LogP contribution < -0.4 is 10.8 Å². The van der Waals surface area contributed by atoms with Crippen LogP contribution in [0, 0.1) is 21.0 Å². The van der Waals surface area contributed by atoms with E-state index in [1.54, 1.807) is 0 Å². The monoisotopic (exact) mass is 552 g/mol. The average Bonchev–Trinajstić information content (AvgIpc) is 2.74. The molecule has 0 spiro atoms. The number of carbonyl (C=O) groups is 1. The zero-order chi connectivity index (χ0) is 22.8. The van der Waals surface area contributed by atoms with Gasteiger partial charge in [-0.3, -0.25) is 9.63 Å². The molecule has 0 radical (unpaired) electrons. The summed E-state index contributed by atoms with van der Waals surface area (Å²) in [5, 5.41) is 25.4. The van der Waals surface area contributed by atoms with Crippen LogP contribution in [0.4, 0.5) is 24.5 Å². The molecule has 0 bridgehead atoms. The van der Waals surface area contributed by atoms with E-state index in [-0.39, 0.29) is 25.5 Å². The number of oxime groups is 2. The highest BCUT2D eigenvalue weighted by Crippen LogP contribution is 2.30. The summed E-state index contributed by atoms with van der Waals surface area (Å²) in [5.41, 5.74) is 0.214. The molecule has 0 saturated heterocycles. The molecule has 0 heterocycles. The second kappa shape index (κ2) is 12.1. The third-order valence-electron chi connectivity index (χ3n) is 3.52. The average molecular weight is 552 g/mol. The highest BCUT2D eigenvalue weighted by Gasteiger charge is 2.23. The number of halogens is 4. The Hall–Kier alpha value is -2.91.